The second-order valence-corrected chi connectivity index (χ2v) is 9.55. The average Bonchev–Trinajstić information content (AvgIpc) is 3.31. The molecule has 1 fully saturated rings. The zero-order chi connectivity index (χ0) is 22.9. The Kier molecular flexibility index (Phi) is 5.49. The average molecular weight is 466 g/mol. The molecule has 0 bridgehead atoms. The molecular formula is C27H23N5OS. The summed E-state index contributed by atoms with van der Waals surface area (Å²) >= 11 is 1.75. The minimum atomic E-state index is 0.0513. The van der Waals surface area contributed by atoms with Crippen LogP contribution in [-0.2, 0) is 6.54 Å². The number of para-hydroxylation sites is 2. The van der Waals surface area contributed by atoms with E-state index in [-0.39, 0.29) is 5.91 Å². The highest BCUT2D eigenvalue weighted by atomic mass is 32.1. The van der Waals surface area contributed by atoms with E-state index in [2.05, 4.69) is 28.1 Å². The van der Waals surface area contributed by atoms with Crippen molar-refractivity contribution in [1.82, 2.24) is 24.8 Å². The highest BCUT2D eigenvalue weighted by Crippen LogP contribution is 2.26. The first-order valence-electron chi connectivity index (χ1n) is 11.4. The zero-order valence-electron chi connectivity index (χ0n) is 18.6. The lowest BCUT2D eigenvalue weighted by atomic mass is 10.0. The Bertz CT molecular complexity index is 1440. The molecule has 0 radical (unpaired) electrons. The Morgan fingerprint density at radius 1 is 0.824 bits per heavy atom. The summed E-state index contributed by atoms with van der Waals surface area (Å²) in [5.41, 5.74) is 4.04. The first kappa shape index (κ1) is 20.9. The Balaban J connectivity index is 1.21. The number of amides is 1. The summed E-state index contributed by atoms with van der Waals surface area (Å²) in [5, 5.41) is 2.00. The smallest absolute Gasteiger partial charge is 0.254 e. The van der Waals surface area contributed by atoms with Crippen LogP contribution in [-0.4, -0.2) is 56.8 Å². The van der Waals surface area contributed by atoms with Gasteiger partial charge in [0.15, 0.2) is 0 Å². The number of carbonyl (C=O) groups excluding carboxylic acids is 1. The lowest BCUT2D eigenvalue weighted by Crippen LogP contribution is -2.48. The highest BCUT2D eigenvalue weighted by molar-refractivity contribution is 7.18. The Labute approximate surface area is 201 Å². The van der Waals surface area contributed by atoms with Crippen LogP contribution >= 0.6 is 11.3 Å². The van der Waals surface area contributed by atoms with Gasteiger partial charge in [-0.05, 0) is 36.4 Å². The predicted molar refractivity (Wildman–Crippen MR) is 136 cm³/mol. The van der Waals surface area contributed by atoms with Crippen molar-refractivity contribution in [2.45, 2.75) is 6.54 Å². The molecule has 1 aliphatic heterocycles. The van der Waals surface area contributed by atoms with E-state index >= 15 is 0 Å². The number of carbonyl (C=O) groups is 1. The van der Waals surface area contributed by atoms with E-state index in [1.54, 1.807) is 17.5 Å². The van der Waals surface area contributed by atoms with Crippen LogP contribution in [0.5, 0.6) is 0 Å². The molecule has 1 aliphatic rings. The van der Waals surface area contributed by atoms with Crippen molar-refractivity contribution in [3.8, 4) is 11.4 Å². The molecule has 6 rings (SSSR count). The fourth-order valence-corrected chi connectivity index (χ4v) is 5.47. The maximum atomic E-state index is 13.6. The van der Waals surface area contributed by atoms with Crippen molar-refractivity contribution < 1.29 is 4.79 Å². The van der Waals surface area contributed by atoms with Crippen LogP contribution in [0.15, 0.2) is 79.0 Å². The van der Waals surface area contributed by atoms with Gasteiger partial charge < -0.3 is 4.90 Å². The topological polar surface area (TPSA) is 62.2 Å². The molecule has 34 heavy (non-hydrogen) atoms. The minimum absolute atomic E-state index is 0.0513. The van der Waals surface area contributed by atoms with Crippen molar-refractivity contribution in [2.75, 3.05) is 26.2 Å². The summed E-state index contributed by atoms with van der Waals surface area (Å²) in [6.45, 7) is 3.87. The quantitative estimate of drug-likeness (QED) is 0.379. The molecular weight excluding hydrogens is 442 g/mol. The summed E-state index contributed by atoms with van der Waals surface area (Å²) in [6, 6.07) is 23.7. The van der Waals surface area contributed by atoms with Crippen LogP contribution in [0, 0.1) is 0 Å². The molecule has 3 aromatic heterocycles. The van der Waals surface area contributed by atoms with Gasteiger partial charge in [0, 0.05) is 37.8 Å². The normalized spacial score (nSPS) is 14.6. The third-order valence-corrected chi connectivity index (χ3v) is 7.25. The van der Waals surface area contributed by atoms with Gasteiger partial charge in [0.25, 0.3) is 5.91 Å². The van der Waals surface area contributed by atoms with Crippen molar-refractivity contribution >= 4 is 38.4 Å². The molecule has 1 amide bonds. The first-order valence-corrected chi connectivity index (χ1v) is 12.2. The van der Waals surface area contributed by atoms with Gasteiger partial charge in [-0.25, -0.2) is 9.97 Å². The number of aromatic nitrogens is 3. The Morgan fingerprint density at radius 2 is 1.59 bits per heavy atom. The summed E-state index contributed by atoms with van der Waals surface area (Å²) in [4.78, 5) is 31.9. The number of thiazole rings is 1. The molecule has 5 aromatic rings. The van der Waals surface area contributed by atoms with Gasteiger partial charge in [0.2, 0.25) is 0 Å². The number of hydrogen-bond acceptors (Lipinski definition) is 6. The van der Waals surface area contributed by atoms with Gasteiger partial charge in [-0.3, -0.25) is 14.7 Å². The van der Waals surface area contributed by atoms with E-state index in [4.69, 9.17) is 9.97 Å². The van der Waals surface area contributed by atoms with Gasteiger partial charge in [-0.2, -0.15) is 0 Å². The predicted octanol–water partition coefficient (Wildman–Crippen LogP) is 4.86. The molecule has 7 heteroatoms. The molecule has 2 aromatic carbocycles. The Morgan fingerprint density at radius 3 is 2.38 bits per heavy atom. The molecule has 0 aliphatic carbocycles. The maximum Gasteiger partial charge on any atom is 0.254 e. The molecule has 0 spiro atoms. The van der Waals surface area contributed by atoms with Crippen LogP contribution in [0.2, 0.25) is 0 Å². The first-order chi connectivity index (χ1) is 16.7. The van der Waals surface area contributed by atoms with Crippen LogP contribution in [0.1, 0.15) is 15.4 Å². The molecule has 0 atom stereocenters. The molecule has 0 saturated carbocycles. The number of nitrogens with zero attached hydrogens (tertiary/aromatic N) is 5. The van der Waals surface area contributed by atoms with E-state index in [1.807, 2.05) is 59.5 Å². The Hall–Kier alpha value is -3.68. The van der Waals surface area contributed by atoms with Gasteiger partial charge in [0.1, 0.15) is 5.01 Å². The van der Waals surface area contributed by atoms with E-state index in [0.29, 0.717) is 18.7 Å². The lowest BCUT2D eigenvalue weighted by molar-refractivity contribution is 0.0630. The van der Waals surface area contributed by atoms with Crippen molar-refractivity contribution in [1.29, 1.82) is 0 Å². The summed E-state index contributed by atoms with van der Waals surface area (Å²) in [6.07, 6.45) is 1.75. The van der Waals surface area contributed by atoms with Crippen LogP contribution in [0.25, 0.3) is 32.5 Å². The molecule has 168 valence electrons. The molecule has 4 heterocycles. The number of piperazine rings is 1. The summed E-state index contributed by atoms with van der Waals surface area (Å²) < 4.78 is 1.22. The van der Waals surface area contributed by atoms with Crippen LogP contribution in [0.3, 0.4) is 0 Å². The summed E-state index contributed by atoms with van der Waals surface area (Å²) in [7, 11) is 0. The fourth-order valence-electron chi connectivity index (χ4n) is 4.46. The maximum absolute atomic E-state index is 13.6. The lowest BCUT2D eigenvalue weighted by Gasteiger charge is -2.34. The number of hydrogen-bond donors (Lipinski definition) is 0. The molecule has 6 nitrogen and oxygen atoms in total. The highest BCUT2D eigenvalue weighted by Gasteiger charge is 2.25. The van der Waals surface area contributed by atoms with Crippen LogP contribution in [0.4, 0.5) is 0 Å². The summed E-state index contributed by atoms with van der Waals surface area (Å²) in [5.74, 6) is 0.0513. The van der Waals surface area contributed by atoms with Crippen LogP contribution < -0.4 is 0 Å². The van der Waals surface area contributed by atoms with Crippen molar-refractivity contribution in [3.63, 3.8) is 0 Å². The molecule has 0 N–H and O–H groups in total. The van der Waals surface area contributed by atoms with Crippen molar-refractivity contribution in [2.24, 2.45) is 0 Å². The van der Waals surface area contributed by atoms with E-state index in [1.165, 1.54) is 4.70 Å². The minimum Gasteiger partial charge on any atom is -0.336 e. The van der Waals surface area contributed by atoms with Gasteiger partial charge in [-0.1, -0.05) is 36.4 Å². The molecule has 0 unspecified atom stereocenters. The van der Waals surface area contributed by atoms with Gasteiger partial charge in [0.05, 0.1) is 39.2 Å². The van der Waals surface area contributed by atoms with E-state index < -0.39 is 0 Å². The largest absolute Gasteiger partial charge is 0.336 e. The number of benzene rings is 2. The second-order valence-electron chi connectivity index (χ2n) is 8.43. The SMILES string of the molecule is O=C(c1cc(-c2ccccn2)nc2ccccc12)N1CCN(Cc2nc3ccccc3s2)CC1. The third kappa shape index (κ3) is 4.04. The van der Waals surface area contributed by atoms with Gasteiger partial charge in [-0.15, -0.1) is 11.3 Å². The zero-order valence-corrected chi connectivity index (χ0v) is 19.4. The molecule has 1 saturated heterocycles. The fraction of sp³-hybridized carbons (Fsp3) is 0.185. The number of rotatable bonds is 4. The monoisotopic (exact) mass is 465 g/mol. The van der Waals surface area contributed by atoms with E-state index in [0.717, 1.165) is 52.4 Å². The van der Waals surface area contributed by atoms with Gasteiger partial charge >= 0.3 is 0 Å². The second kappa shape index (κ2) is 8.93. The third-order valence-electron chi connectivity index (χ3n) is 6.23. The number of pyridine rings is 2. The standard InChI is InChI=1S/C27H23N5OS/c33-27(20-17-24(22-9-5-6-12-28-22)29-21-8-2-1-7-19(20)21)32-15-13-31(14-16-32)18-26-30-23-10-3-4-11-25(23)34-26/h1-12,17H,13-16,18H2. The number of fused-ring (bicyclic) bond motifs is 2. The van der Waals surface area contributed by atoms with Crippen molar-refractivity contribution in [3.05, 3.63) is 89.6 Å². The van der Waals surface area contributed by atoms with E-state index in [9.17, 15) is 4.79 Å².